The molecular weight excluding hydrogens is 304 g/mol. The van der Waals surface area contributed by atoms with E-state index in [1.54, 1.807) is 11.3 Å². The molecule has 3 rings (SSSR count). The maximum atomic E-state index is 5.94. The molecule has 0 saturated heterocycles. The first kappa shape index (κ1) is 15.6. The molecule has 4 heteroatoms. The summed E-state index contributed by atoms with van der Waals surface area (Å²) in [5.74, 6) is 0.899. The zero-order valence-electron chi connectivity index (χ0n) is 13.3. The summed E-state index contributed by atoms with van der Waals surface area (Å²) in [6.45, 7) is 4.06. The van der Waals surface area contributed by atoms with Crippen LogP contribution in [0.1, 0.15) is 24.3 Å². The van der Waals surface area contributed by atoms with Gasteiger partial charge in [0.25, 0.3) is 0 Å². The van der Waals surface area contributed by atoms with Gasteiger partial charge in [0.05, 0.1) is 11.8 Å². The van der Waals surface area contributed by atoms with Gasteiger partial charge in [0.2, 0.25) is 0 Å². The fourth-order valence-corrected chi connectivity index (χ4v) is 3.34. The Morgan fingerprint density at radius 2 is 1.74 bits per heavy atom. The van der Waals surface area contributed by atoms with Gasteiger partial charge < -0.3 is 10.5 Å². The van der Waals surface area contributed by atoms with E-state index in [-0.39, 0.29) is 6.10 Å². The number of nitrogens with zero attached hydrogens (tertiary/aromatic N) is 1. The quantitative estimate of drug-likeness (QED) is 0.735. The minimum absolute atomic E-state index is 0.187. The average Bonchev–Trinajstić information content (AvgIpc) is 2.90. The number of nitrogen functional groups attached to an aromatic ring is 1. The molecule has 3 nitrogen and oxygen atoms in total. The smallest absolute Gasteiger partial charge is 0.180 e. The van der Waals surface area contributed by atoms with Crippen LogP contribution in [0.5, 0.6) is 5.75 Å². The lowest BCUT2D eigenvalue weighted by Gasteiger charge is -2.10. The molecule has 2 aromatic carbocycles. The van der Waals surface area contributed by atoms with Gasteiger partial charge >= 0.3 is 0 Å². The van der Waals surface area contributed by atoms with Gasteiger partial charge in [-0.25, -0.2) is 4.98 Å². The van der Waals surface area contributed by atoms with E-state index in [4.69, 9.17) is 10.5 Å². The van der Waals surface area contributed by atoms with Crippen molar-refractivity contribution in [3.63, 3.8) is 0 Å². The van der Waals surface area contributed by atoms with Crippen molar-refractivity contribution in [3.8, 4) is 17.0 Å². The van der Waals surface area contributed by atoms with Crippen LogP contribution in [-0.2, 0) is 6.42 Å². The van der Waals surface area contributed by atoms with Crippen LogP contribution in [0.25, 0.3) is 11.3 Å². The molecule has 0 amide bonds. The summed E-state index contributed by atoms with van der Waals surface area (Å²) in [5, 5.41) is 0.610. The predicted molar refractivity (Wildman–Crippen MR) is 97.0 cm³/mol. The van der Waals surface area contributed by atoms with Crippen molar-refractivity contribution in [2.45, 2.75) is 26.4 Å². The molecule has 1 heterocycles. The van der Waals surface area contributed by atoms with Crippen molar-refractivity contribution in [1.29, 1.82) is 0 Å². The number of rotatable bonds is 5. The third-order valence-corrected chi connectivity index (χ3v) is 4.31. The molecular formula is C19H20N2OS. The van der Waals surface area contributed by atoms with E-state index >= 15 is 0 Å². The van der Waals surface area contributed by atoms with Crippen LogP contribution in [0.15, 0.2) is 54.6 Å². The van der Waals surface area contributed by atoms with Crippen LogP contribution in [0.3, 0.4) is 0 Å². The molecule has 0 aliphatic heterocycles. The summed E-state index contributed by atoms with van der Waals surface area (Å²) in [6, 6.07) is 18.4. The Bertz CT molecular complexity index is 764. The average molecular weight is 324 g/mol. The molecule has 0 atom stereocenters. The summed E-state index contributed by atoms with van der Waals surface area (Å²) in [7, 11) is 0. The molecule has 0 aliphatic rings. The molecule has 2 N–H and O–H groups in total. The zero-order valence-corrected chi connectivity index (χ0v) is 14.1. The highest BCUT2D eigenvalue weighted by Crippen LogP contribution is 2.31. The second kappa shape index (κ2) is 6.84. The Morgan fingerprint density at radius 3 is 2.39 bits per heavy atom. The van der Waals surface area contributed by atoms with Gasteiger partial charge in [-0.05, 0) is 31.5 Å². The third kappa shape index (κ3) is 3.90. The normalized spacial score (nSPS) is 10.9. The number of ether oxygens (including phenoxy) is 1. The Labute approximate surface area is 140 Å². The van der Waals surface area contributed by atoms with Crippen LogP contribution < -0.4 is 10.5 Å². The highest BCUT2D eigenvalue weighted by Gasteiger charge is 2.12. The summed E-state index contributed by atoms with van der Waals surface area (Å²) >= 11 is 1.55. The maximum Gasteiger partial charge on any atom is 0.180 e. The molecule has 3 aromatic rings. The summed E-state index contributed by atoms with van der Waals surface area (Å²) < 4.78 is 5.69. The highest BCUT2D eigenvalue weighted by molar-refractivity contribution is 7.15. The lowest BCUT2D eigenvalue weighted by atomic mass is 10.1. The van der Waals surface area contributed by atoms with E-state index in [0.29, 0.717) is 5.13 Å². The molecule has 0 unspecified atom stereocenters. The van der Waals surface area contributed by atoms with Gasteiger partial charge in [-0.15, -0.1) is 11.3 Å². The summed E-state index contributed by atoms with van der Waals surface area (Å²) in [5.41, 5.74) is 9.25. The van der Waals surface area contributed by atoms with Gasteiger partial charge in [-0.3, -0.25) is 0 Å². The van der Waals surface area contributed by atoms with E-state index in [2.05, 4.69) is 29.2 Å². The van der Waals surface area contributed by atoms with Crippen LogP contribution in [0.2, 0.25) is 0 Å². The van der Waals surface area contributed by atoms with Crippen molar-refractivity contribution in [1.82, 2.24) is 4.98 Å². The molecule has 0 radical (unpaired) electrons. The Kier molecular flexibility index (Phi) is 4.63. The van der Waals surface area contributed by atoms with Gasteiger partial charge in [0, 0.05) is 16.9 Å². The van der Waals surface area contributed by atoms with E-state index < -0.39 is 0 Å². The first-order valence-corrected chi connectivity index (χ1v) is 8.49. The fraction of sp³-hybridized carbons (Fsp3) is 0.211. The van der Waals surface area contributed by atoms with Crippen LogP contribution >= 0.6 is 11.3 Å². The number of hydrogen-bond donors (Lipinski definition) is 1. The van der Waals surface area contributed by atoms with Crippen molar-refractivity contribution >= 4 is 16.5 Å². The molecule has 1 aromatic heterocycles. The van der Waals surface area contributed by atoms with Crippen LogP contribution in [-0.4, -0.2) is 11.1 Å². The number of nitrogens with two attached hydrogens (primary N) is 1. The predicted octanol–water partition coefficient (Wildman–Crippen LogP) is 4.77. The standard InChI is InChI=1S/C19H20N2OS/c1-13(2)22-16-10-8-14(9-11-16)12-17-18(21-19(20)23-17)15-6-4-3-5-7-15/h3-11,13H,12H2,1-2H3,(H2,20,21). The van der Waals surface area contributed by atoms with Crippen molar-refractivity contribution < 1.29 is 4.74 Å². The molecule has 23 heavy (non-hydrogen) atoms. The van der Waals surface area contributed by atoms with Crippen LogP contribution in [0.4, 0.5) is 5.13 Å². The number of benzene rings is 2. The second-order valence-corrected chi connectivity index (χ2v) is 6.79. The molecule has 118 valence electrons. The number of aromatic nitrogens is 1. The van der Waals surface area contributed by atoms with E-state index in [9.17, 15) is 0 Å². The largest absolute Gasteiger partial charge is 0.491 e. The lowest BCUT2D eigenvalue weighted by Crippen LogP contribution is -2.05. The highest BCUT2D eigenvalue weighted by atomic mass is 32.1. The van der Waals surface area contributed by atoms with Crippen molar-refractivity contribution in [3.05, 3.63) is 65.0 Å². The zero-order chi connectivity index (χ0) is 16.2. The number of anilines is 1. The van der Waals surface area contributed by atoms with E-state index in [1.165, 1.54) is 10.4 Å². The molecule has 0 fully saturated rings. The molecule has 0 saturated carbocycles. The van der Waals surface area contributed by atoms with Crippen molar-refractivity contribution in [2.75, 3.05) is 5.73 Å². The third-order valence-electron chi connectivity index (χ3n) is 3.42. The van der Waals surface area contributed by atoms with Gasteiger partial charge in [0.15, 0.2) is 5.13 Å². The van der Waals surface area contributed by atoms with E-state index in [1.807, 2.05) is 44.2 Å². The van der Waals surface area contributed by atoms with E-state index in [0.717, 1.165) is 23.4 Å². The summed E-state index contributed by atoms with van der Waals surface area (Å²) in [4.78, 5) is 5.69. The Morgan fingerprint density at radius 1 is 1.04 bits per heavy atom. The molecule has 0 aliphatic carbocycles. The van der Waals surface area contributed by atoms with Crippen LogP contribution in [0, 0.1) is 0 Å². The molecule has 0 bridgehead atoms. The monoisotopic (exact) mass is 324 g/mol. The number of hydrogen-bond acceptors (Lipinski definition) is 4. The summed E-state index contributed by atoms with van der Waals surface area (Å²) in [6.07, 6.45) is 1.01. The van der Waals surface area contributed by atoms with Crippen molar-refractivity contribution in [2.24, 2.45) is 0 Å². The SMILES string of the molecule is CC(C)Oc1ccc(Cc2sc(N)nc2-c2ccccc2)cc1. The first-order chi connectivity index (χ1) is 11.1. The molecule has 0 spiro atoms. The maximum absolute atomic E-state index is 5.94. The minimum atomic E-state index is 0.187. The topological polar surface area (TPSA) is 48.1 Å². The Balaban J connectivity index is 1.83. The second-order valence-electron chi connectivity index (χ2n) is 5.68. The number of thiazole rings is 1. The van der Waals surface area contributed by atoms with Gasteiger partial charge in [-0.1, -0.05) is 42.5 Å². The lowest BCUT2D eigenvalue weighted by molar-refractivity contribution is 0.242. The van der Waals surface area contributed by atoms with Gasteiger partial charge in [-0.2, -0.15) is 0 Å². The van der Waals surface area contributed by atoms with Gasteiger partial charge in [0.1, 0.15) is 5.75 Å². The first-order valence-electron chi connectivity index (χ1n) is 7.68. The Hall–Kier alpha value is -2.33. The fourth-order valence-electron chi connectivity index (χ4n) is 2.45. The minimum Gasteiger partial charge on any atom is -0.491 e.